The Labute approximate surface area is 287 Å². The van der Waals surface area contributed by atoms with E-state index in [-0.39, 0.29) is 0 Å². The Morgan fingerprint density at radius 1 is 0.360 bits per heavy atom. The first-order valence-corrected chi connectivity index (χ1v) is 17.0. The summed E-state index contributed by atoms with van der Waals surface area (Å²) in [5.74, 6) is 0. The molecule has 0 aliphatic rings. The van der Waals surface area contributed by atoms with E-state index in [1.165, 1.54) is 43.4 Å². The summed E-state index contributed by atoms with van der Waals surface area (Å²) in [7, 11) is 0. The van der Waals surface area contributed by atoms with Crippen LogP contribution in [0.15, 0.2) is 176 Å². The zero-order valence-corrected chi connectivity index (χ0v) is 27.0. The van der Waals surface area contributed by atoms with Gasteiger partial charge >= 0.3 is 0 Å². The Hall–Kier alpha value is -6.85. The lowest BCUT2D eigenvalue weighted by Crippen LogP contribution is -2.00. The molecule has 11 aromatic rings. The number of rotatable bonds is 4. The Bertz CT molecular complexity index is 2880. The molecule has 0 bridgehead atoms. The van der Waals surface area contributed by atoms with Crippen LogP contribution in [0, 0.1) is 0 Å². The molecule has 0 saturated carbocycles. The second kappa shape index (κ2) is 10.3. The molecule has 0 fully saturated rings. The third-order valence-corrected chi connectivity index (χ3v) is 10.3. The molecule has 5 aromatic heterocycles. The molecule has 0 N–H and O–H groups in total. The Balaban J connectivity index is 1.19. The molecule has 11 rings (SSSR count). The van der Waals surface area contributed by atoms with E-state index in [0.29, 0.717) is 0 Å². The summed E-state index contributed by atoms with van der Waals surface area (Å²) in [4.78, 5) is 4.91. The van der Waals surface area contributed by atoms with Crippen LogP contribution in [0.1, 0.15) is 0 Å². The molecule has 5 nitrogen and oxygen atoms in total. The summed E-state index contributed by atoms with van der Waals surface area (Å²) in [5, 5.41) is 7.34. The first-order chi connectivity index (χ1) is 24.8. The Morgan fingerprint density at radius 3 is 1.28 bits per heavy atom. The third kappa shape index (κ3) is 3.74. The molecule has 0 saturated heterocycles. The maximum absolute atomic E-state index is 4.91. The molecule has 0 radical (unpaired) electrons. The van der Waals surface area contributed by atoms with Crippen molar-refractivity contribution in [2.24, 2.45) is 0 Å². The van der Waals surface area contributed by atoms with Crippen molar-refractivity contribution in [1.82, 2.24) is 23.3 Å². The summed E-state index contributed by atoms with van der Waals surface area (Å²) in [5.41, 5.74) is 11.4. The Morgan fingerprint density at radius 2 is 0.800 bits per heavy atom. The second-order valence-corrected chi connectivity index (χ2v) is 12.9. The van der Waals surface area contributed by atoms with Crippen LogP contribution in [0.2, 0.25) is 0 Å². The lowest BCUT2D eigenvalue weighted by molar-refractivity contribution is 1.09. The van der Waals surface area contributed by atoms with Crippen molar-refractivity contribution in [2.75, 3.05) is 0 Å². The van der Waals surface area contributed by atoms with E-state index in [0.717, 1.165) is 44.8 Å². The first-order valence-electron chi connectivity index (χ1n) is 17.0. The highest BCUT2D eigenvalue weighted by atomic mass is 15.0. The van der Waals surface area contributed by atoms with Crippen LogP contribution >= 0.6 is 0 Å². The minimum Gasteiger partial charge on any atom is -0.316 e. The van der Waals surface area contributed by atoms with Crippen LogP contribution < -0.4 is 0 Å². The van der Waals surface area contributed by atoms with E-state index < -0.39 is 0 Å². The zero-order valence-electron chi connectivity index (χ0n) is 27.0. The number of hydrogen-bond acceptors (Lipinski definition) is 1. The highest BCUT2D eigenvalue weighted by Crippen LogP contribution is 2.40. The fourth-order valence-corrected chi connectivity index (χ4v) is 8.19. The number of benzene rings is 6. The second-order valence-electron chi connectivity index (χ2n) is 12.9. The van der Waals surface area contributed by atoms with Crippen molar-refractivity contribution in [3.05, 3.63) is 176 Å². The molecule has 0 spiro atoms. The van der Waals surface area contributed by atoms with E-state index in [9.17, 15) is 0 Å². The van der Waals surface area contributed by atoms with E-state index in [1.807, 2.05) is 12.4 Å². The van der Waals surface area contributed by atoms with Gasteiger partial charge in [-0.25, -0.2) is 0 Å². The van der Waals surface area contributed by atoms with Gasteiger partial charge in [-0.1, -0.05) is 84.9 Å². The van der Waals surface area contributed by atoms with Gasteiger partial charge in [-0.2, -0.15) is 0 Å². The summed E-state index contributed by atoms with van der Waals surface area (Å²) in [6.07, 6.45) is 8.34. The smallest absolute Gasteiger partial charge is 0.0666 e. The van der Waals surface area contributed by atoms with Crippen molar-refractivity contribution in [3.63, 3.8) is 0 Å². The van der Waals surface area contributed by atoms with Gasteiger partial charge in [-0.15, -0.1) is 0 Å². The van der Waals surface area contributed by atoms with Gasteiger partial charge in [0.25, 0.3) is 0 Å². The topological polar surface area (TPSA) is 32.6 Å². The lowest BCUT2D eigenvalue weighted by Gasteiger charge is -2.12. The summed E-state index contributed by atoms with van der Waals surface area (Å²) in [6.45, 7) is 0. The molecule has 0 amide bonds. The number of nitrogens with zero attached hydrogens (tertiary/aromatic N) is 5. The maximum atomic E-state index is 4.91. The van der Waals surface area contributed by atoms with Gasteiger partial charge in [0.1, 0.15) is 0 Å². The number of hydrogen-bond donors (Lipinski definition) is 0. The summed E-state index contributed by atoms with van der Waals surface area (Å²) in [6, 6.07) is 54.4. The lowest BCUT2D eigenvalue weighted by atomic mass is 10.1. The summed E-state index contributed by atoms with van der Waals surface area (Å²) < 4.78 is 9.37. The molecule has 6 aromatic carbocycles. The fourth-order valence-electron chi connectivity index (χ4n) is 8.19. The quantitative estimate of drug-likeness (QED) is 0.189. The fraction of sp³-hybridized carbons (Fsp3) is 0. The molecule has 5 heteroatoms. The molecule has 234 valence electrons. The third-order valence-electron chi connectivity index (χ3n) is 10.3. The highest BCUT2D eigenvalue weighted by Gasteiger charge is 2.20. The zero-order chi connectivity index (χ0) is 32.8. The number of para-hydroxylation sites is 4. The SMILES string of the molecule is c1ccc(-n2ccc3ccc4c(c5ccccc5n4-c4cncc(-n5c6ccccc6c6c7c(ccc65)ccn7-c5ccccc5)c4)c32)cc1. The molecule has 50 heavy (non-hydrogen) atoms. The van der Waals surface area contributed by atoms with Crippen LogP contribution in [0.4, 0.5) is 0 Å². The van der Waals surface area contributed by atoms with E-state index in [2.05, 4.69) is 182 Å². The van der Waals surface area contributed by atoms with E-state index in [4.69, 9.17) is 4.98 Å². The maximum Gasteiger partial charge on any atom is 0.0666 e. The average molecular weight is 640 g/mol. The van der Waals surface area contributed by atoms with Gasteiger partial charge < -0.3 is 18.3 Å². The van der Waals surface area contributed by atoms with Gasteiger partial charge in [-0.3, -0.25) is 4.98 Å². The predicted octanol–water partition coefficient (Wildman–Crippen LogP) is 11.2. The van der Waals surface area contributed by atoms with Crippen LogP contribution in [-0.4, -0.2) is 23.3 Å². The normalized spacial score (nSPS) is 12.0. The van der Waals surface area contributed by atoms with Gasteiger partial charge in [-0.05, 0) is 66.7 Å². The standard InChI is InChI=1S/C45H29N5/c1-3-11-32(12-4-1)47-25-23-30-19-21-40-42(44(30)47)36-15-7-9-17-38(36)49(40)34-27-35(29-46-28-34)50-39-18-10-8-16-37(39)43-41(50)22-20-31-24-26-48(45(31)43)33-13-5-2-6-14-33/h1-29H. The van der Waals surface area contributed by atoms with Crippen molar-refractivity contribution in [3.8, 4) is 22.7 Å². The Kier molecular flexibility index (Phi) is 5.60. The van der Waals surface area contributed by atoms with Crippen molar-refractivity contribution in [2.45, 2.75) is 0 Å². The minimum atomic E-state index is 1.02. The molecule has 0 atom stereocenters. The first kappa shape index (κ1) is 27.1. The van der Waals surface area contributed by atoms with Crippen LogP contribution in [-0.2, 0) is 0 Å². The number of pyridine rings is 1. The molecule has 0 unspecified atom stereocenters. The predicted molar refractivity (Wildman–Crippen MR) is 207 cm³/mol. The van der Waals surface area contributed by atoms with Crippen molar-refractivity contribution < 1.29 is 0 Å². The molecular weight excluding hydrogens is 611 g/mol. The molecule has 0 aliphatic heterocycles. The van der Waals surface area contributed by atoms with Gasteiger partial charge in [0.05, 0.1) is 56.9 Å². The highest BCUT2D eigenvalue weighted by molar-refractivity contribution is 6.22. The largest absolute Gasteiger partial charge is 0.316 e. The van der Waals surface area contributed by atoms with Crippen LogP contribution in [0.5, 0.6) is 0 Å². The van der Waals surface area contributed by atoms with Gasteiger partial charge in [0.2, 0.25) is 0 Å². The van der Waals surface area contributed by atoms with Gasteiger partial charge in [0.15, 0.2) is 0 Å². The van der Waals surface area contributed by atoms with E-state index >= 15 is 0 Å². The van der Waals surface area contributed by atoms with Crippen molar-refractivity contribution >= 4 is 65.4 Å². The molecule has 0 aliphatic carbocycles. The minimum absolute atomic E-state index is 1.02. The van der Waals surface area contributed by atoms with E-state index in [1.54, 1.807) is 0 Å². The van der Waals surface area contributed by atoms with Gasteiger partial charge in [0, 0.05) is 56.1 Å². The average Bonchev–Trinajstić information content (AvgIpc) is 3.96. The van der Waals surface area contributed by atoms with Crippen molar-refractivity contribution in [1.29, 1.82) is 0 Å². The number of fused-ring (bicyclic) bond motifs is 10. The molecule has 5 heterocycles. The van der Waals surface area contributed by atoms with Crippen LogP contribution in [0.3, 0.4) is 0 Å². The molecular formula is C45H29N5. The number of aromatic nitrogens is 5. The monoisotopic (exact) mass is 639 g/mol. The van der Waals surface area contributed by atoms with Crippen LogP contribution in [0.25, 0.3) is 88.2 Å². The summed E-state index contributed by atoms with van der Waals surface area (Å²) >= 11 is 0.